The van der Waals surface area contributed by atoms with E-state index in [9.17, 15) is 9.90 Å². The van der Waals surface area contributed by atoms with Gasteiger partial charge in [0.05, 0.1) is 6.20 Å². The summed E-state index contributed by atoms with van der Waals surface area (Å²) in [6.45, 7) is 4.58. The number of aromatic amines is 1. The van der Waals surface area contributed by atoms with Crippen molar-refractivity contribution in [3.05, 3.63) is 53.1 Å². The summed E-state index contributed by atoms with van der Waals surface area (Å²) < 4.78 is 0. The summed E-state index contributed by atoms with van der Waals surface area (Å²) in [4.78, 5) is 21.5. The van der Waals surface area contributed by atoms with Crippen LogP contribution in [-0.4, -0.2) is 45.7 Å². The normalized spacial score (nSPS) is 24.4. The van der Waals surface area contributed by atoms with Crippen molar-refractivity contribution < 1.29 is 9.90 Å². The van der Waals surface area contributed by atoms with Gasteiger partial charge in [0.25, 0.3) is 5.91 Å². The highest BCUT2D eigenvalue weighted by molar-refractivity contribution is 6.03. The number of benzene rings is 1. The number of carbonyl (C=O) groups excluding carboxylic acids is 1. The van der Waals surface area contributed by atoms with Gasteiger partial charge in [0.2, 0.25) is 0 Å². The average Bonchev–Trinajstić information content (AvgIpc) is 3.30. The Morgan fingerprint density at radius 2 is 2.00 bits per heavy atom. The summed E-state index contributed by atoms with van der Waals surface area (Å²) in [5.41, 5.74) is 4.14. The lowest BCUT2D eigenvalue weighted by atomic mass is 9.75. The number of nitrogens with one attached hydrogen (secondary N) is 2. The minimum atomic E-state index is -0.726. The smallest absolute Gasteiger partial charge is 0.291 e. The summed E-state index contributed by atoms with van der Waals surface area (Å²) in [7, 11) is 3.87. The van der Waals surface area contributed by atoms with E-state index < -0.39 is 5.72 Å². The fourth-order valence-electron chi connectivity index (χ4n) is 5.05. The largest absolute Gasteiger partial charge is 0.376 e. The van der Waals surface area contributed by atoms with Gasteiger partial charge < -0.3 is 15.4 Å². The molecule has 0 saturated heterocycles. The highest BCUT2D eigenvalue weighted by Gasteiger charge is 2.35. The number of aliphatic hydroxyl groups is 1. The first kappa shape index (κ1) is 24.2. The number of allylic oxidation sites excluding steroid dienone is 2. The van der Waals surface area contributed by atoms with Crippen LogP contribution in [0.5, 0.6) is 0 Å². The monoisotopic (exact) mass is 461 g/mol. The standard InChI is InChI=1S/C27H35N5O2/c1-26(2)11-7-19(8-12-26)22-15-20(18-9-13-27(34,14-10-18)32(3)4)5-6-23(22)31-25(33)24-29-17-21(16-28)30-24/h5-7,15,17-18,34H,8-14H2,1-4H3,(H,29,30)(H,31,33). The third-order valence-corrected chi connectivity index (χ3v) is 7.61. The van der Waals surface area contributed by atoms with Crippen LogP contribution in [-0.2, 0) is 0 Å². The molecule has 7 heteroatoms. The lowest BCUT2D eigenvalue weighted by Crippen LogP contribution is -2.46. The number of nitrogens with zero attached hydrogens (tertiary/aromatic N) is 3. The second kappa shape index (κ2) is 9.36. The summed E-state index contributed by atoms with van der Waals surface area (Å²) in [6, 6.07) is 8.28. The van der Waals surface area contributed by atoms with Crippen LogP contribution in [0.1, 0.15) is 92.2 Å². The Kier molecular flexibility index (Phi) is 6.66. The quantitative estimate of drug-likeness (QED) is 0.541. The van der Waals surface area contributed by atoms with E-state index in [0.717, 1.165) is 56.2 Å². The minimum Gasteiger partial charge on any atom is -0.376 e. The van der Waals surface area contributed by atoms with Crippen molar-refractivity contribution in [2.75, 3.05) is 19.4 Å². The predicted molar refractivity (Wildman–Crippen MR) is 133 cm³/mol. The molecule has 0 spiro atoms. The van der Waals surface area contributed by atoms with Crippen LogP contribution in [0.25, 0.3) is 5.57 Å². The Morgan fingerprint density at radius 1 is 1.26 bits per heavy atom. The molecule has 1 saturated carbocycles. The molecule has 2 aromatic rings. The van der Waals surface area contributed by atoms with E-state index in [1.54, 1.807) is 0 Å². The van der Waals surface area contributed by atoms with Crippen LogP contribution in [0.3, 0.4) is 0 Å². The average molecular weight is 462 g/mol. The van der Waals surface area contributed by atoms with E-state index in [4.69, 9.17) is 5.26 Å². The number of carbonyl (C=O) groups is 1. The van der Waals surface area contributed by atoms with Crippen molar-refractivity contribution in [1.29, 1.82) is 5.26 Å². The number of rotatable bonds is 5. The summed E-state index contributed by atoms with van der Waals surface area (Å²) in [6.07, 6.45) is 10.1. The van der Waals surface area contributed by atoms with Gasteiger partial charge in [-0.3, -0.25) is 9.69 Å². The van der Waals surface area contributed by atoms with Crippen LogP contribution in [0.15, 0.2) is 30.5 Å². The minimum absolute atomic E-state index is 0.126. The Morgan fingerprint density at radius 3 is 2.59 bits per heavy atom. The number of amides is 1. The fraction of sp³-hybridized carbons (Fsp3) is 0.519. The van der Waals surface area contributed by atoms with E-state index in [1.807, 2.05) is 31.1 Å². The maximum absolute atomic E-state index is 12.8. The van der Waals surface area contributed by atoms with Crippen molar-refractivity contribution in [1.82, 2.24) is 14.9 Å². The zero-order chi connectivity index (χ0) is 24.5. The molecule has 1 aromatic heterocycles. The van der Waals surface area contributed by atoms with Gasteiger partial charge in [0.15, 0.2) is 5.82 Å². The molecule has 0 atom stereocenters. The fourth-order valence-corrected chi connectivity index (χ4v) is 5.05. The van der Waals surface area contributed by atoms with Gasteiger partial charge in [-0.1, -0.05) is 26.0 Å². The first-order valence-electron chi connectivity index (χ1n) is 12.1. The number of hydrogen-bond acceptors (Lipinski definition) is 5. The van der Waals surface area contributed by atoms with E-state index >= 15 is 0 Å². The van der Waals surface area contributed by atoms with Crippen LogP contribution in [0.4, 0.5) is 5.69 Å². The topological polar surface area (TPSA) is 105 Å². The van der Waals surface area contributed by atoms with Crippen molar-refractivity contribution >= 4 is 17.2 Å². The molecule has 1 amide bonds. The molecule has 0 bridgehead atoms. The molecule has 180 valence electrons. The van der Waals surface area contributed by atoms with Crippen molar-refractivity contribution in [2.24, 2.45) is 5.41 Å². The van der Waals surface area contributed by atoms with Crippen LogP contribution in [0, 0.1) is 16.7 Å². The number of nitriles is 1. The van der Waals surface area contributed by atoms with Crippen LogP contribution >= 0.6 is 0 Å². The van der Waals surface area contributed by atoms with Gasteiger partial charge in [0.1, 0.15) is 17.5 Å². The summed E-state index contributed by atoms with van der Waals surface area (Å²) in [5, 5.41) is 22.9. The Balaban J connectivity index is 1.62. The molecule has 34 heavy (non-hydrogen) atoms. The van der Waals surface area contributed by atoms with Gasteiger partial charge in [-0.05, 0) is 93.6 Å². The molecule has 4 rings (SSSR count). The molecule has 1 heterocycles. The Labute approximate surface area is 201 Å². The first-order chi connectivity index (χ1) is 16.1. The van der Waals surface area contributed by atoms with Gasteiger partial charge in [-0.15, -0.1) is 0 Å². The second-order valence-electron chi connectivity index (χ2n) is 10.8. The highest BCUT2D eigenvalue weighted by Crippen LogP contribution is 2.43. The lowest BCUT2D eigenvalue weighted by Gasteiger charge is -2.41. The number of H-pyrrole nitrogens is 1. The molecule has 1 fully saturated rings. The molecular weight excluding hydrogens is 426 g/mol. The number of anilines is 1. The zero-order valence-electron chi connectivity index (χ0n) is 20.6. The van der Waals surface area contributed by atoms with E-state index in [2.05, 4.69) is 47.3 Å². The predicted octanol–water partition coefficient (Wildman–Crippen LogP) is 5.03. The molecule has 2 aliphatic carbocycles. The third kappa shape index (κ3) is 5.08. The molecule has 7 nitrogen and oxygen atoms in total. The van der Waals surface area contributed by atoms with Gasteiger partial charge in [-0.25, -0.2) is 4.98 Å². The molecular formula is C27H35N5O2. The van der Waals surface area contributed by atoms with E-state index in [-0.39, 0.29) is 22.8 Å². The second-order valence-corrected chi connectivity index (χ2v) is 10.8. The Hall–Kier alpha value is -2.95. The molecule has 0 unspecified atom stereocenters. The van der Waals surface area contributed by atoms with Crippen molar-refractivity contribution in [2.45, 2.75) is 70.4 Å². The maximum atomic E-state index is 12.8. The number of imidazole rings is 1. The molecule has 1 aromatic carbocycles. The van der Waals surface area contributed by atoms with Gasteiger partial charge >= 0.3 is 0 Å². The van der Waals surface area contributed by atoms with E-state index in [1.165, 1.54) is 17.3 Å². The number of hydrogen-bond donors (Lipinski definition) is 3. The van der Waals surface area contributed by atoms with Crippen molar-refractivity contribution in [3.63, 3.8) is 0 Å². The molecule has 2 aliphatic rings. The maximum Gasteiger partial charge on any atom is 0.291 e. The van der Waals surface area contributed by atoms with Crippen LogP contribution < -0.4 is 5.32 Å². The van der Waals surface area contributed by atoms with Crippen molar-refractivity contribution in [3.8, 4) is 6.07 Å². The summed E-state index contributed by atoms with van der Waals surface area (Å²) >= 11 is 0. The van der Waals surface area contributed by atoms with Crippen LogP contribution in [0.2, 0.25) is 0 Å². The SMILES string of the molecule is CN(C)C1(O)CCC(c2ccc(NC(=O)c3ncc(C#N)[nH]3)c(C3=CCC(C)(C)CC3)c2)CC1. The van der Waals surface area contributed by atoms with E-state index in [0.29, 0.717) is 5.92 Å². The molecule has 3 N–H and O–H groups in total. The molecule has 0 aliphatic heterocycles. The highest BCUT2D eigenvalue weighted by atomic mass is 16.3. The third-order valence-electron chi connectivity index (χ3n) is 7.61. The number of aromatic nitrogens is 2. The van der Waals surface area contributed by atoms with Gasteiger partial charge in [0, 0.05) is 11.3 Å². The lowest BCUT2D eigenvalue weighted by molar-refractivity contribution is -0.110. The zero-order valence-corrected chi connectivity index (χ0v) is 20.6. The summed E-state index contributed by atoms with van der Waals surface area (Å²) in [5.74, 6) is 0.147. The first-order valence-corrected chi connectivity index (χ1v) is 12.1. The molecule has 0 radical (unpaired) electrons. The Bertz CT molecular complexity index is 1130. The van der Waals surface area contributed by atoms with Gasteiger partial charge in [-0.2, -0.15) is 5.26 Å².